The van der Waals surface area contributed by atoms with E-state index in [1.807, 2.05) is 7.05 Å². The summed E-state index contributed by atoms with van der Waals surface area (Å²) >= 11 is 0. The van der Waals surface area contributed by atoms with Gasteiger partial charge in [-0.1, -0.05) is 12.1 Å². The van der Waals surface area contributed by atoms with Crippen LogP contribution in [0.2, 0.25) is 0 Å². The Kier molecular flexibility index (Phi) is 3.49. The molecule has 2 rings (SSSR count). The minimum Gasteiger partial charge on any atom is -0.382 e. The molecular formula is C14H22N2. The number of rotatable bonds is 3. The number of hydrogen-bond acceptors (Lipinski definition) is 2. The molecule has 2 heteroatoms. The summed E-state index contributed by atoms with van der Waals surface area (Å²) in [6.45, 7) is 5.51. The van der Waals surface area contributed by atoms with Gasteiger partial charge in [0.2, 0.25) is 0 Å². The van der Waals surface area contributed by atoms with E-state index in [2.05, 4.69) is 36.6 Å². The standard InChI is InChI=1S/C14H22N2/c1-10-4-5-11(2)14-13(10)7-6-12(16-14)8-9-15-3/h4-5,12,15-16H,6-9H2,1-3H3. The molecule has 88 valence electrons. The van der Waals surface area contributed by atoms with Gasteiger partial charge in [0.15, 0.2) is 0 Å². The van der Waals surface area contributed by atoms with Gasteiger partial charge in [-0.15, -0.1) is 0 Å². The Morgan fingerprint density at radius 3 is 2.81 bits per heavy atom. The normalized spacial score (nSPS) is 19.1. The lowest BCUT2D eigenvalue weighted by atomic mass is 9.91. The molecule has 1 atom stereocenters. The molecule has 1 aliphatic heterocycles. The highest BCUT2D eigenvalue weighted by Gasteiger charge is 2.19. The summed E-state index contributed by atoms with van der Waals surface area (Å²) in [4.78, 5) is 0. The lowest BCUT2D eigenvalue weighted by Gasteiger charge is -2.29. The lowest BCUT2D eigenvalue weighted by molar-refractivity contribution is 0.566. The molecule has 1 aromatic carbocycles. The van der Waals surface area contributed by atoms with Crippen molar-refractivity contribution in [2.45, 2.75) is 39.2 Å². The first-order chi connectivity index (χ1) is 7.72. The summed E-state index contributed by atoms with van der Waals surface area (Å²) in [6.07, 6.45) is 3.70. The summed E-state index contributed by atoms with van der Waals surface area (Å²) in [6, 6.07) is 5.10. The van der Waals surface area contributed by atoms with Crippen molar-refractivity contribution in [1.29, 1.82) is 0 Å². The van der Waals surface area contributed by atoms with Crippen molar-refractivity contribution in [2.24, 2.45) is 0 Å². The maximum Gasteiger partial charge on any atom is 0.0407 e. The first-order valence-electron chi connectivity index (χ1n) is 6.22. The third-order valence-corrected chi connectivity index (χ3v) is 3.59. The molecule has 1 aromatic rings. The predicted molar refractivity (Wildman–Crippen MR) is 70.2 cm³/mol. The number of anilines is 1. The second kappa shape index (κ2) is 4.88. The van der Waals surface area contributed by atoms with Gasteiger partial charge in [-0.05, 0) is 63.4 Å². The fraction of sp³-hybridized carbons (Fsp3) is 0.571. The van der Waals surface area contributed by atoms with Crippen LogP contribution in [0.4, 0.5) is 5.69 Å². The molecule has 0 fully saturated rings. The molecule has 2 nitrogen and oxygen atoms in total. The van der Waals surface area contributed by atoms with Gasteiger partial charge >= 0.3 is 0 Å². The molecule has 2 N–H and O–H groups in total. The predicted octanol–water partition coefficient (Wildman–Crippen LogP) is 2.64. The largest absolute Gasteiger partial charge is 0.382 e. The molecule has 0 saturated carbocycles. The zero-order chi connectivity index (χ0) is 11.5. The molecule has 1 heterocycles. The summed E-state index contributed by atoms with van der Waals surface area (Å²) in [5, 5.41) is 6.93. The average molecular weight is 218 g/mol. The van der Waals surface area contributed by atoms with Gasteiger partial charge in [-0.3, -0.25) is 0 Å². The number of nitrogens with one attached hydrogen (secondary N) is 2. The van der Waals surface area contributed by atoms with Crippen molar-refractivity contribution in [2.75, 3.05) is 18.9 Å². The summed E-state index contributed by atoms with van der Waals surface area (Å²) in [5.74, 6) is 0. The van der Waals surface area contributed by atoms with E-state index >= 15 is 0 Å². The Morgan fingerprint density at radius 2 is 2.06 bits per heavy atom. The second-order valence-corrected chi connectivity index (χ2v) is 4.83. The Labute approximate surface area is 98.4 Å². The topological polar surface area (TPSA) is 24.1 Å². The van der Waals surface area contributed by atoms with Crippen molar-refractivity contribution in [3.63, 3.8) is 0 Å². The highest BCUT2D eigenvalue weighted by atomic mass is 14.9. The van der Waals surface area contributed by atoms with Crippen LogP contribution in [0.5, 0.6) is 0 Å². The van der Waals surface area contributed by atoms with E-state index in [0.717, 1.165) is 6.54 Å². The molecule has 0 amide bonds. The van der Waals surface area contributed by atoms with Crippen LogP contribution in [0.15, 0.2) is 12.1 Å². The molecule has 0 saturated heterocycles. The van der Waals surface area contributed by atoms with Gasteiger partial charge in [0.05, 0.1) is 0 Å². The van der Waals surface area contributed by atoms with Crippen LogP contribution in [0.1, 0.15) is 29.5 Å². The Balaban J connectivity index is 2.16. The Hall–Kier alpha value is -1.02. The maximum absolute atomic E-state index is 3.70. The maximum atomic E-state index is 3.70. The Bertz CT molecular complexity index is 371. The van der Waals surface area contributed by atoms with Gasteiger partial charge in [0, 0.05) is 11.7 Å². The van der Waals surface area contributed by atoms with Crippen molar-refractivity contribution >= 4 is 5.69 Å². The summed E-state index contributed by atoms with van der Waals surface area (Å²) < 4.78 is 0. The molecule has 0 spiro atoms. The number of hydrogen-bond donors (Lipinski definition) is 2. The van der Waals surface area contributed by atoms with E-state index < -0.39 is 0 Å². The van der Waals surface area contributed by atoms with Crippen LogP contribution >= 0.6 is 0 Å². The van der Waals surface area contributed by atoms with E-state index in [-0.39, 0.29) is 0 Å². The third-order valence-electron chi connectivity index (χ3n) is 3.59. The number of fused-ring (bicyclic) bond motifs is 1. The Morgan fingerprint density at radius 1 is 1.31 bits per heavy atom. The van der Waals surface area contributed by atoms with Gasteiger partial charge in [0.25, 0.3) is 0 Å². The third kappa shape index (κ3) is 2.22. The fourth-order valence-corrected chi connectivity index (χ4v) is 2.52. The van der Waals surface area contributed by atoms with Crippen molar-refractivity contribution in [3.8, 4) is 0 Å². The van der Waals surface area contributed by atoms with Crippen LogP contribution in [-0.2, 0) is 6.42 Å². The van der Waals surface area contributed by atoms with Gasteiger partial charge < -0.3 is 10.6 Å². The molecule has 1 aliphatic rings. The summed E-state index contributed by atoms with van der Waals surface area (Å²) in [5.41, 5.74) is 5.74. The molecule has 0 bridgehead atoms. The molecule has 16 heavy (non-hydrogen) atoms. The minimum atomic E-state index is 0.639. The van der Waals surface area contributed by atoms with Crippen molar-refractivity contribution in [3.05, 3.63) is 28.8 Å². The first-order valence-corrected chi connectivity index (χ1v) is 6.22. The van der Waals surface area contributed by atoms with Crippen molar-refractivity contribution in [1.82, 2.24) is 5.32 Å². The quantitative estimate of drug-likeness (QED) is 0.815. The number of aryl methyl sites for hydroxylation is 2. The highest BCUT2D eigenvalue weighted by Crippen LogP contribution is 2.31. The van der Waals surface area contributed by atoms with E-state index in [9.17, 15) is 0 Å². The van der Waals surface area contributed by atoms with Gasteiger partial charge in [-0.2, -0.15) is 0 Å². The van der Waals surface area contributed by atoms with E-state index in [0.29, 0.717) is 6.04 Å². The van der Waals surface area contributed by atoms with Gasteiger partial charge in [-0.25, -0.2) is 0 Å². The van der Waals surface area contributed by atoms with E-state index in [1.54, 1.807) is 0 Å². The zero-order valence-electron chi connectivity index (χ0n) is 10.6. The molecule has 1 unspecified atom stereocenters. The second-order valence-electron chi connectivity index (χ2n) is 4.83. The lowest BCUT2D eigenvalue weighted by Crippen LogP contribution is -2.29. The highest BCUT2D eigenvalue weighted by molar-refractivity contribution is 5.62. The van der Waals surface area contributed by atoms with Crippen molar-refractivity contribution < 1.29 is 0 Å². The first kappa shape index (κ1) is 11.5. The van der Waals surface area contributed by atoms with E-state index in [1.165, 1.54) is 41.6 Å². The fourth-order valence-electron chi connectivity index (χ4n) is 2.52. The molecule has 0 aromatic heterocycles. The van der Waals surface area contributed by atoms with E-state index in [4.69, 9.17) is 0 Å². The van der Waals surface area contributed by atoms with Crippen LogP contribution < -0.4 is 10.6 Å². The van der Waals surface area contributed by atoms with Crippen LogP contribution in [0, 0.1) is 13.8 Å². The summed E-state index contributed by atoms with van der Waals surface area (Å²) in [7, 11) is 2.02. The molecular weight excluding hydrogens is 196 g/mol. The monoisotopic (exact) mass is 218 g/mol. The van der Waals surface area contributed by atoms with Crippen LogP contribution in [0.3, 0.4) is 0 Å². The minimum absolute atomic E-state index is 0.639. The smallest absolute Gasteiger partial charge is 0.0407 e. The van der Waals surface area contributed by atoms with Crippen LogP contribution in [-0.4, -0.2) is 19.6 Å². The zero-order valence-corrected chi connectivity index (χ0v) is 10.6. The molecule has 0 radical (unpaired) electrons. The van der Waals surface area contributed by atoms with Crippen LogP contribution in [0.25, 0.3) is 0 Å². The molecule has 0 aliphatic carbocycles. The average Bonchev–Trinajstić information content (AvgIpc) is 2.31. The van der Waals surface area contributed by atoms with Gasteiger partial charge in [0.1, 0.15) is 0 Å². The SMILES string of the molecule is CNCCC1CCc2c(C)ccc(C)c2N1. The number of benzene rings is 1.